The van der Waals surface area contributed by atoms with Gasteiger partial charge in [0.05, 0.1) is 12.2 Å². The van der Waals surface area contributed by atoms with Crippen LogP contribution in [0, 0.1) is 39.9 Å². The van der Waals surface area contributed by atoms with Crippen molar-refractivity contribution in [1.82, 2.24) is 0 Å². The van der Waals surface area contributed by atoms with E-state index in [-0.39, 0.29) is 23.0 Å². The van der Waals surface area contributed by atoms with Crippen molar-refractivity contribution in [2.75, 3.05) is 0 Å². The van der Waals surface area contributed by atoms with Crippen molar-refractivity contribution in [3.8, 4) is 6.07 Å². The first kappa shape index (κ1) is 16.3. The third-order valence-electron chi connectivity index (χ3n) is 8.23. The van der Waals surface area contributed by atoms with Crippen molar-refractivity contribution in [3.05, 3.63) is 11.6 Å². The lowest BCUT2D eigenvalue weighted by Gasteiger charge is -2.60. The number of rotatable bonds is 0. The van der Waals surface area contributed by atoms with E-state index in [9.17, 15) is 20.3 Å². The van der Waals surface area contributed by atoms with E-state index in [2.05, 4.69) is 13.0 Å². The van der Waals surface area contributed by atoms with Gasteiger partial charge in [0.25, 0.3) is 0 Å². The summed E-state index contributed by atoms with van der Waals surface area (Å²) in [6, 6.07) is 2.16. The largest absolute Gasteiger partial charge is 0.393 e. The van der Waals surface area contributed by atoms with E-state index in [4.69, 9.17) is 0 Å². The Kier molecular flexibility index (Phi) is 3.34. The molecule has 7 atom stereocenters. The summed E-state index contributed by atoms with van der Waals surface area (Å²) in [6.45, 7) is 4.23. The predicted molar refractivity (Wildman–Crippen MR) is 88.7 cm³/mol. The van der Waals surface area contributed by atoms with Crippen LogP contribution >= 0.6 is 0 Å². The average Bonchev–Trinajstić information content (AvgIpc) is 2.79. The van der Waals surface area contributed by atoms with Crippen molar-refractivity contribution in [2.24, 2.45) is 28.6 Å². The summed E-state index contributed by atoms with van der Waals surface area (Å²) in [6.07, 6.45) is 6.44. The van der Waals surface area contributed by atoms with Crippen LogP contribution in [-0.2, 0) is 4.79 Å². The lowest BCUT2D eigenvalue weighted by atomic mass is 9.45. The highest BCUT2D eigenvalue weighted by atomic mass is 16.3. The maximum absolute atomic E-state index is 11.9. The highest BCUT2D eigenvalue weighted by Crippen LogP contribution is 2.67. The fourth-order valence-electron chi connectivity index (χ4n) is 6.88. The summed E-state index contributed by atoms with van der Waals surface area (Å²) in [5.41, 5.74) is -0.727. The molecule has 4 aliphatic carbocycles. The van der Waals surface area contributed by atoms with Gasteiger partial charge in [-0.2, -0.15) is 5.26 Å². The number of nitriles is 1. The summed E-state index contributed by atoms with van der Waals surface area (Å²) >= 11 is 0. The Labute approximate surface area is 143 Å². The van der Waals surface area contributed by atoms with E-state index in [1.54, 1.807) is 0 Å². The molecule has 0 bridgehead atoms. The third-order valence-corrected chi connectivity index (χ3v) is 8.23. The Morgan fingerprint density at radius 2 is 2.00 bits per heavy atom. The fourth-order valence-corrected chi connectivity index (χ4v) is 6.88. The molecule has 0 amide bonds. The van der Waals surface area contributed by atoms with Crippen LogP contribution in [0.2, 0.25) is 0 Å². The molecule has 0 aromatic rings. The standard InChI is InChI=1S/C20H27NO3/c1-18-7-5-13(22)9-12(18)3-4-14-15-6-8-20(24,11-21)19(15,2)10-16(23)17(14)18/h9,14-17,23-24H,3-8,10H2,1-2H3/t14-,15-,16-,17-,18-,19-,20-/m0/s1. The zero-order valence-corrected chi connectivity index (χ0v) is 14.6. The van der Waals surface area contributed by atoms with E-state index in [0.717, 1.165) is 25.7 Å². The number of aliphatic hydroxyl groups is 2. The number of carbonyl (C=O) groups excluding carboxylic acids is 1. The molecule has 0 aliphatic heterocycles. The summed E-state index contributed by atoms with van der Waals surface area (Å²) in [5.74, 6) is 0.975. The molecule has 4 aliphatic rings. The summed E-state index contributed by atoms with van der Waals surface area (Å²) in [7, 11) is 0. The van der Waals surface area contributed by atoms with Crippen LogP contribution in [0.3, 0.4) is 0 Å². The molecule has 4 heteroatoms. The summed E-state index contributed by atoms with van der Waals surface area (Å²) in [5, 5.41) is 31.5. The SMILES string of the molecule is C[C@]12CCC(=O)C=C1CC[C@@H]1[C@H]2[C@@H](O)C[C@@]2(C)[C@H]1CC[C@]2(O)C#N. The Bertz CT molecular complexity index is 664. The molecule has 4 nitrogen and oxygen atoms in total. The lowest BCUT2D eigenvalue weighted by Crippen LogP contribution is -2.59. The first-order chi connectivity index (χ1) is 11.2. The molecule has 24 heavy (non-hydrogen) atoms. The maximum atomic E-state index is 11.9. The van der Waals surface area contributed by atoms with Gasteiger partial charge >= 0.3 is 0 Å². The Balaban J connectivity index is 1.76. The summed E-state index contributed by atoms with van der Waals surface area (Å²) in [4.78, 5) is 11.9. The third kappa shape index (κ3) is 1.83. The van der Waals surface area contributed by atoms with Gasteiger partial charge in [-0.15, -0.1) is 0 Å². The second-order valence-corrected chi connectivity index (χ2v) is 9.09. The molecule has 130 valence electrons. The molecule has 3 fully saturated rings. The van der Waals surface area contributed by atoms with Crippen LogP contribution in [0.25, 0.3) is 0 Å². The van der Waals surface area contributed by atoms with E-state index in [0.29, 0.717) is 25.2 Å². The minimum absolute atomic E-state index is 0.106. The van der Waals surface area contributed by atoms with Crippen molar-refractivity contribution in [2.45, 2.75) is 70.5 Å². The van der Waals surface area contributed by atoms with Crippen molar-refractivity contribution in [1.29, 1.82) is 5.26 Å². The molecular weight excluding hydrogens is 302 g/mol. The fraction of sp³-hybridized carbons (Fsp3) is 0.800. The maximum Gasteiger partial charge on any atom is 0.156 e. The Morgan fingerprint density at radius 1 is 1.25 bits per heavy atom. The summed E-state index contributed by atoms with van der Waals surface area (Å²) < 4.78 is 0. The van der Waals surface area contributed by atoms with Gasteiger partial charge in [-0.3, -0.25) is 4.79 Å². The number of hydrogen-bond donors (Lipinski definition) is 2. The van der Waals surface area contributed by atoms with Crippen LogP contribution in [-0.4, -0.2) is 27.7 Å². The van der Waals surface area contributed by atoms with E-state index in [1.165, 1.54) is 5.57 Å². The first-order valence-corrected chi connectivity index (χ1v) is 9.31. The molecule has 0 heterocycles. The van der Waals surface area contributed by atoms with Gasteiger partial charge in [-0.05, 0) is 67.8 Å². The number of fused-ring (bicyclic) bond motifs is 5. The monoisotopic (exact) mass is 329 g/mol. The van der Waals surface area contributed by atoms with Gasteiger partial charge in [0.1, 0.15) is 0 Å². The minimum atomic E-state index is -1.32. The zero-order valence-electron chi connectivity index (χ0n) is 14.6. The number of hydrogen-bond acceptors (Lipinski definition) is 4. The van der Waals surface area contributed by atoms with Crippen LogP contribution < -0.4 is 0 Å². The number of nitrogens with zero attached hydrogens (tertiary/aromatic N) is 1. The molecule has 0 radical (unpaired) electrons. The highest BCUT2D eigenvalue weighted by molar-refractivity contribution is 5.91. The van der Waals surface area contributed by atoms with Crippen LogP contribution in [0.1, 0.15) is 58.8 Å². The van der Waals surface area contributed by atoms with Crippen molar-refractivity contribution >= 4 is 5.78 Å². The van der Waals surface area contributed by atoms with E-state index >= 15 is 0 Å². The number of aliphatic hydroxyl groups excluding tert-OH is 1. The molecule has 2 N–H and O–H groups in total. The van der Waals surface area contributed by atoms with E-state index < -0.39 is 17.1 Å². The Morgan fingerprint density at radius 3 is 2.71 bits per heavy atom. The van der Waals surface area contributed by atoms with Gasteiger partial charge in [0.2, 0.25) is 0 Å². The van der Waals surface area contributed by atoms with E-state index in [1.807, 2.05) is 13.0 Å². The zero-order chi connectivity index (χ0) is 17.3. The lowest BCUT2D eigenvalue weighted by molar-refractivity contribution is -0.156. The molecule has 0 saturated heterocycles. The van der Waals surface area contributed by atoms with Crippen LogP contribution in [0.4, 0.5) is 0 Å². The van der Waals surface area contributed by atoms with Gasteiger partial charge in [0.15, 0.2) is 11.4 Å². The first-order valence-electron chi connectivity index (χ1n) is 9.31. The highest BCUT2D eigenvalue weighted by Gasteiger charge is 2.66. The topological polar surface area (TPSA) is 81.3 Å². The number of ketones is 1. The van der Waals surface area contributed by atoms with Crippen LogP contribution in [0.5, 0.6) is 0 Å². The number of carbonyl (C=O) groups is 1. The second-order valence-electron chi connectivity index (χ2n) is 9.09. The second kappa shape index (κ2) is 4.93. The molecule has 0 unspecified atom stereocenters. The van der Waals surface area contributed by atoms with Gasteiger partial charge < -0.3 is 10.2 Å². The average molecular weight is 329 g/mol. The number of allylic oxidation sites excluding steroid dienone is 1. The van der Waals surface area contributed by atoms with Crippen molar-refractivity contribution < 1.29 is 15.0 Å². The molecule has 0 spiro atoms. The van der Waals surface area contributed by atoms with Crippen LogP contribution in [0.15, 0.2) is 11.6 Å². The molecule has 0 aromatic carbocycles. The normalized spacial score (nSPS) is 53.5. The molecule has 3 saturated carbocycles. The molecular formula is C20H27NO3. The molecule has 0 aromatic heterocycles. The molecule has 4 rings (SSSR count). The van der Waals surface area contributed by atoms with Gasteiger partial charge in [-0.25, -0.2) is 0 Å². The Hall–Kier alpha value is -1.18. The van der Waals surface area contributed by atoms with Gasteiger partial charge in [-0.1, -0.05) is 19.4 Å². The quantitative estimate of drug-likeness (QED) is 0.670. The van der Waals surface area contributed by atoms with Gasteiger partial charge in [0, 0.05) is 11.8 Å². The minimum Gasteiger partial charge on any atom is -0.393 e. The smallest absolute Gasteiger partial charge is 0.156 e. The van der Waals surface area contributed by atoms with Crippen molar-refractivity contribution in [3.63, 3.8) is 0 Å². The predicted octanol–water partition coefficient (Wildman–Crippen LogP) is 2.74.